The first kappa shape index (κ1) is 10.9. The lowest BCUT2D eigenvalue weighted by Crippen LogP contribution is -2.09. The van der Waals surface area contributed by atoms with Gasteiger partial charge in [0.05, 0.1) is 5.02 Å². The van der Waals surface area contributed by atoms with Crippen LogP contribution in [0, 0.1) is 0 Å². The minimum atomic E-state index is -1.16. The van der Waals surface area contributed by atoms with Gasteiger partial charge in [-0.15, -0.1) is 0 Å². The van der Waals surface area contributed by atoms with Crippen LogP contribution < -0.4 is 4.74 Å². The van der Waals surface area contributed by atoms with Crippen molar-refractivity contribution in [3.8, 4) is 11.5 Å². The van der Waals surface area contributed by atoms with Gasteiger partial charge in [-0.1, -0.05) is 23.2 Å². The van der Waals surface area contributed by atoms with Crippen LogP contribution in [0.4, 0.5) is 0 Å². The molecule has 0 radical (unpaired) electrons. The highest BCUT2D eigenvalue weighted by Gasteiger charge is 2.11. The molecule has 0 aliphatic carbocycles. The molecule has 6 heteroatoms. The second kappa shape index (κ2) is 4.39. The normalized spacial score (nSPS) is 9.86. The number of carbonyl (C=O) groups is 1. The quantitative estimate of drug-likeness (QED) is 0.845. The Morgan fingerprint density at radius 1 is 1.43 bits per heavy atom. The number of carboxylic acid groups (broad SMARTS) is 1. The maximum Gasteiger partial charge on any atom is 0.341 e. The summed E-state index contributed by atoms with van der Waals surface area (Å²) in [6.07, 6.45) is 0. The van der Waals surface area contributed by atoms with E-state index in [1.165, 1.54) is 12.1 Å². The zero-order valence-electron chi connectivity index (χ0n) is 6.83. The largest absolute Gasteiger partial charge is 0.504 e. The minimum absolute atomic E-state index is 0.0660. The molecule has 0 aromatic heterocycles. The highest BCUT2D eigenvalue weighted by Crippen LogP contribution is 2.36. The van der Waals surface area contributed by atoms with Gasteiger partial charge in [0, 0.05) is 11.1 Å². The van der Waals surface area contributed by atoms with E-state index in [1.807, 2.05) is 0 Å². The molecule has 0 saturated carbocycles. The molecule has 1 rings (SSSR count). The summed E-state index contributed by atoms with van der Waals surface area (Å²) in [6, 6.07) is 2.56. The van der Waals surface area contributed by atoms with Gasteiger partial charge in [-0.2, -0.15) is 0 Å². The third-order valence-corrected chi connectivity index (χ3v) is 1.83. The zero-order chi connectivity index (χ0) is 10.7. The number of phenols is 1. The van der Waals surface area contributed by atoms with E-state index in [4.69, 9.17) is 33.0 Å². The molecule has 0 heterocycles. The van der Waals surface area contributed by atoms with Gasteiger partial charge in [0.15, 0.2) is 18.1 Å². The second-order valence-electron chi connectivity index (χ2n) is 2.42. The number of carboxylic acids is 1. The Kier molecular flexibility index (Phi) is 3.43. The van der Waals surface area contributed by atoms with Crippen LogP contribution in [-0.2, 0) is 4.79 Å². The SMILES string of the molecule is O=C(O)COc1c(O)cc(Cl)cc1Cl. The van der Waals surface area contributed by atoms with Gasteiger partial charge >= 0.3 is 5.97 Å². The number of hydrogen-bond donors (Lipinski definition) is 2. The van der Waals surface area contributed by atoms with Crippen molar-refractivity contribution in [3.05, 3.63) is 22.2 Å². The van der Waals surface area contributed by atoms with E-state index in [0.717, 1.165) is 0 Å². The molecule has 1 aromatic carbocycles. The van der Waals surface area contributed by atoms with Gasteiger partial charge in [0.1, 0.15) is 0 Å². The number of halogens is 2. The van der Waals surface area contributed by atoms with Crippen LogP contribution in [-0.4, -0.2) is 22.8 Å². The lowest BCUT2D eigenvalue weighted by molar-refractivity contribution is -0.139. The number of aromatic hydroxyl groups is 1. The smallest absolute Gasteiger partial charge is 0.341 e. The van der Waals surface area contributed by atoms with Crippen molar-refractivity contribution in [2.45, 2.75) is 0 Å². The van der Waals surface area contributed by atoms with E-state index in [2.05, 4.69) is 0 Å². The Morgan fingerprint density at radius 3 is 2.57 bits per heavy atom. The van der Waals surface area contributed by atoms with Crippen LogP contribution in [0.25, 0.3) is 0 Å². The summed E-state index contributed by atoms with van der Waals surface area (Å²) in [7, 11) is 0. The van der Waals surface area contributed by atoms with Gasteiger partial charge in [-0.3, -0.25) is 0 Å². The van der Waals surface area contributed by atoms with E-state index >= 15 is 0 Å². The molecule has 1 aromatic rings. The molecule has 0 amide bonds. The van der Waals surface area contributed by atoms with Gasteiger partial charge in [0.25, 0.3) is 0 Å². The highest BCUT2D eigenvalue weighted by molar-refractivity contribution is 6.35. The van der Waals surface area contributed by atoms with Crippen LogP contribution in [0.15, 0.2) is 12.1 Å². The van der Waals surface area contributed by atoms with Crippen LogP contribution >= 0.6 is 23.2 Å². The Hall–Kier alpha value is -1.13. The molecule has 0 saturated heterocycles. The number of benzene rings is 1. The summed E-state index contributed by atoms with van der Waals surface area (Å²) in [5, 5.41) is 17.9. The number of aliphatic carboxylic acids is 1. The Bertz CT molecular complexity index is 341. The molecular weight excluding hydrogens is 231 g/mol. The fourth-order valence-electron chi connectivity index (χ4n) is 0.824. The monoisotopic (exact) mass is 236 g/mol. The summed E-state index contributed by atoms with van der Waals surface area (Å²) in [5.41, 5.74) is 0. The number of phenolic OH excluding ortho intramolecular Hbond substituents is 1. The van der Waals surface area contributed by atoms with E-state index in [-0.39, 0.29) is 21.5 Å². The Labute approximate surface area is 89.6 Å². The molecule has 4 nitrogen and oxygen atoms in total. The molecule has 0 bridgehead atoms. The van der Waals surface area contributed by atoms with Gasteiger partial charge in [-0.05, 0) is 6.07 Å². The van der Waals surface area contributed by atoms with Crippen molar-refractivity contribution in [2.24, 2.45) is 0 Å². The van der Waals surface area contributed by atoms with E-state index in [1.54, 1.807) is 0 Å². The van der Waals surface area contributed by atoms with Crippen molar-refractivity contribution in [1.29, 1.82) is 0 Å². The molecule has 0 unspecified atom stereocenters. The predicted molar refractivity (Wildman–Crippen MR) is 51.3 cm³/mol. The van der Waals surface area contributed by atoms with Crippen molar-refractivity contribution in [3.63, 3.8) is 0 Å². The van der Waals surface area contributed by atoms with Crippen molar-refractivity contribution in [1.82, 2.24) is 0 Å². The zero-order valence-corrected chi connectivity index (χ0v) is 8.34. The maximum atomic E-state index is 10.2. The molecule has 14 heavy (non-hydrogen) atoms. The highest BCUT2D eigenvalue weighted by atomic mass is 35.5. The Balaban J connectivity index is 2.91. The molecule has 0 spiro atoms. The first-order valence-electron chi connectivity index (χ1n) is 3.53. The molecule has 0 aliphatic heterocycles. The molecule has 76 valence electrons. The lowest BCUT2D eigenvalue weighted by atomic mass is 10.3. The fraction of sp³-hybridized carbons (Fsp3) is 0.125. The van der Waals surface area contributed by atoms with E-state index in [0.29, 0.717) is 0 Å². The van der Waals surface area contributed by atoms with Crippen LogP contribution in [0.3, 0.4) is 0 Å². The molecule has 2 N–H and O–H groups in total. The Morgan fingerprint density at radius 2 is 2.07 bits per heavy atom. The molecule has 0 fully saturated rings. The number of hydrogen-bond acceptors (Lipinski definition) is 3. The first-order chi connectivity index (χ1) is 6.50. The van der Waals surface area contributed by atoms with Crippen LogP contribution in [0.2, 0.25) is 10.0 Å². The van der Waals surface area contributed by atoms with E-state index < -0.39 is 12.6 Å². The third-order valence-electron chi connectivity index (χ3n) is 1.33. The van der Waals surface area contributed by atoms with Gasteiger partial charge in [0.2, 0.25) is 0 Å². The number of ether oxygens (including phenoxy) is 1. The first-order valence-corrected chi connectivity index (χ1v) is 4.29. The number of rotatable bonds is 3. The summed E-state index contributed by atoms with van der Waals surface area (Å²) >= 11 is 11.2. The maximum absolute atomic E-state index is 10.2. The second-order valence-corrected chi connectivity index (χ2v) is 3.26. The summed E-state index contributed by atoms with van der Waals surface area (Å²) in [6.45, 7) is -0.574. The third kappa shape index (κ3) is 2.68. The summed E-state index contributed by atoms with van der Waals surface area (Å²) in [4.78, 5) is 10.2. The van der Waals surface area contributed by atoms with Crippen molar-refractivity contribution < 1.29 is 19.7 Å². The average molecular weight is 237 g/mol. The topological polar surface area (TPSA) is 66.8 Å². The lowest BCUT2D eigenvalue weighted by Gasteiger charge is -2.07. The molecule has 0 aliphatic rings. The molecule has 0 atom stereocenters. The van der Waals surface area contributed by atoms with Gasteiger partial charge in [-0.25, -0.2) is 4.79 Å². The van der Waals surface area contributed by atoms with Crippen LogP contribution in [0.5, 0.6) is 11.5 Å². The summed E-state index contributed by atoms with van der Waals surface area (Å²) < 4.78 is 4.74. The minimum Gasteiger partial charge on any atom is -0.504 e. The van der Waals surface area contributed by atoms with Crippen LogP contribution in [0.1, 0.15) is 0 Å². The predicted octanol–water partition coefficient (Wildman–Crippen LogP) is 2.16. The standard InChI is InChI=1S/C8H6Cl2O4/c9-4-1-5(10)8(6(11)2-4)14-3-7(12)13/h1-2,11H,3H2,(H,12,13). The van der Waals surface area contributed by atoms with Gasteiger partial charge < -0.3 is 14.9 Å². The van der Waals surface area contributed by atoms with E-state index in [9.17, 15) is 9.90 Å². The van der Waals surface area contributed by atoms with Crippen molar-refractivity contribution in [2.75, 3.05) is 6.61 Å². The fourth-order valence-corrected chi connectivity index (χ4v) is 1.36. The summed E-state index contributed by atoms with van der Waals surface area (Å²) in [5.74, 6) is -1.53. The average Bonchev–Trinajstić information content (AvgIpc) is 2.01. The van der Waals surface area contributed by atoms with Crippen molar-refractivity contribution >= 4 is 29.2 Å². The molecular formula is C8H6Cl2O4.